The van der Waals surface area contributed by atoms with Crippen LogP contribution >= 0.6 is 15.9 Å². The van der Waals surface area contributed by atoms with Crippen LogP contribution in [0.1, 0.15) is 23.0 Å². The summed E-state index contributed by atoms with van der Waals surface area (Å²) in [5.74, 6) is 0.810. The predicted octanol–water partition coefficient (Wildman–Crippen LogP) is 2.88. The Balaban J connectivity index is 1.93. The van der Waals surface area contributed by atoms with Crippen molar-refractivity contribution in [3.8, 4) is 5.75 Å². The lowest BCUT2D eigenvalue weighted by Crippen LogP contribution is -2.20. The molecule has 3 N–H and O–H groups in total. The molecule has 0 amide bonds. The highest BCUT2D eigenvalue weighted by Crippen LogP contribution is 2.26. The Hall–Kier alpha value is -1.30. The molecule has 1 atom stereocenters. The Bertz CT molecular complexity index is 540. The van der Waals surface area contributed by atoms with Crippen molar-refractivity contribution >= 4 is 15.9 Å². The van der Waals surface area contributed by atoms with Crippen molar-refractivity contribution in [1.29, 1.82) is 0 Å². The Labute approximate surface area is 120 Å². The molecule has 0 bridgehead atoms. The van der Waals surface area contributed by atoms with Gasteiger partial charge in [0.25, 0.3) is 0 Å². The summed E-state index contributed by atoms with van der Waals surface area (Å²) >= 11 is 3.40. The van der Waals surface area contributed by atoms with Gasteiger partial charge in [0.1, 0.15) is 17.6 Å². The smallest absolute Gasteiger partial charge is 0.133 e. The highest BCUT2D eigenvalue weighted by atomic mass is 79.9. The molecule has 0 saturated carbocycles. The number of nitrogens with one attached hydrogen (secondary N) is 1. The van der Waals surface area contributed by atoms with E-state index in [4.69, 9.17) is 4.42 Å². The van der Waals surface area contributed by atoms with Crippen molar-refractivity contribution in [2.75, 3.05) is 6.54 Å². The van der Waals surface area contributed by atoms with Crippen LogP contribution in [0.3, 0.4) is 0 Å². The van der Waals surface area contributed by atoms with E-state index in [0.29, 0.717) is 18.8 Å². The second-order valence-corrected chi connectivity index (χ2v) is 5.31. The number of aromatic hydroxyl groups is 1. The zero-order valence-corrected chi connectivity index (χ0v) is 12.1. The van der Waals surface area contributed by atoms with E-state index in [1.165, 1.54) is 6.26 Å². The number of rotatable bonds is 5. The number of aryl methyl sites for hydroxylation is 1. The molecule has 1 aromatic heterocycles. The van der Waals surface area contributed by atoms with Gasteiger partial charge in [0.2, 0.25) is 0 Å². The number of halogens is 1. The number of furan rings is 1. The van der Waals surface area contributed by atoms with Gasteiger partial charge in [-0.3, -0.25) is 0 Å². The number of hydrogen-bond donors (Lipinski definition) is 3. The number of benzene rings is 1. The molecular formula is C14H16BrNO3. The molecule has 2 rings (SSSR count). The third-order valence-electron chi connectivity index (χ3n) is 2.87. The molecule has 0 radical (unpaired) electrons. The molecule has 0 aliphatic carbocycles. The molecule has 1 aromatic carbocycles. The van der Waals surface area contributed by atoms with Gasteiger partial charge in [0.15, 0.2) is 0 Å². The Morgan fingerprint density at radius 3 is 2.89 bits per heavy atom. The molecule has 0 saturated heterocycles. The number of aliphatic hydroxyl groups is 1. The van der Waals surface area contributed by atoms with E-state index in [9.17, 15) is 10.2 Å². The van der Waals surface area contributed by atoms with Crippen LogP contribution in [0.2, 0.25) is 0 Å². The summed E-state index contributed by atoms with van der Waals surface area (Å²) in [7, 11) is 0. The minimum absolute atomic E-state index is 0.281. The van der Waals surface area contributed by atoms with E-state index >= 15 is 0 Å². The molecule has 102 valence electrons. The van der Waals surface area contributed by atoms with Gasteiger partial charge in [-0.15, -0.1) is 0 Å². The largest absolute Gasteiger partial charge is 0.507 e. The summed E-state index contributed by atoms with van der Waals surface area (Å²) in [6.07, 6.45) is 0.840. The fourth-order valence-electron chi connectivity index (χ4n) is 1.86. The van der Waals surface area contributed by atoms with Gasteiger partial charge in [-0.2, -0.15) is 0 Å². The zero-order valence-electron chi connectivity index (χ0n) is 10.6. The SMILES string of the molecule is Cc1cc(Br)cc(CNCC(O)c2ccco2)c1O. The van der Waals surface area contributed by atoms with Crippen LogP contribution in [-0.2, 0) is 6.54 Å². The molecule has 0 spiro atoms. The van der Waals surface area contributed by atoms with Crippen LogP contribution < -0.4 is 5.32 Å². The molecule has 0 aliphatic heterocycles. The summed E-state index contributed by atoms with van der Waals surface area (Å²) in [6, 6.07) is 7.18. The number of aliphatic hydroxyl groups excluding tert-OH is 1. The molecule has 1 unspecified atom stereocenters. The highest BCUT2D eigenvalue weighted by molar-refractivity contribution is 9.10. The minimum Gasteiger partial charge on any atom is -0.507 e. The third-order valence-corrected chi connectivity index (χ3v) is 3.33. The molecular weight excluding hydrogens is 310 g/mol. The fraction of sp³-hybridized carbons (Fsp3) is 0.286. The maximum atomic E-state index is 9.93. The first-order valence-corrected chi connectivity index (χ1v) is 6.77. The first kappa shape index (κ1) is 14.1. The van der Waals surface area contributed by atoms with Crippen LogP contribution in [0.5, 0.6) is 5.75 Å². The molecule has 19 heavy (non-hydrogen) atoms. The van der Waals surface area contributed by atoms with Gasteiger partial charge < -0.3 is 19.9 Å². The van der Waals surface area contributed by atoms with Crippen LogP contribution in [0, 0.1) is 6.92 Å². The average Bonchev–Trinajstić information content (AvgIpc) is 2.88. The van der Waals surface area contributed by atoms with Gasteiger partial charge in [-0.1, -0.05) is 15.9 Å². The van der Waals surface area contributed by atoms with E-state index in [-0.39, 0.29) is 5.75 Å². The van der Waals surface area contributed by atoms with Gasteiger partial charge in [-0.25, -0.2) is 0 Å². The van der Waals surface area contributed by atoms with Crippen molar-refractivity contribution < 1.29 is 14.6 Å². The average molecular weight is 326 g/mol. The van der Waals surface area contributed by atoms with Crippen molar-refractivity contribution in [3.63, 3.8) is 0 Å². The first-order valence-electron chi connectivity index (χ1n) is 5.98. The second kappa shape index (κ2) is 6.23. The quantitative estimate of drug-likeness (QED) is 0.790. The fourth-order valence-corrected chi connectivity index (χ4v) is 2.48. The third kappa shape index (κ3) is 3.59. The van der Waals surface area contributed by atoms with Gasteiger partial charge in [0, 0.05) is 23.1 Å². The lowest BCUT2D eigenvalue weighted by atomic mass is 10.1. The topological polar surface area (TPSA) is 65.6 Å². The van der Waals surface area contributed by atoms with Gasteiger partial charge >= 0.3 is 0 Å². The highest BCUT2D eigenvalue weighted by Gasteiger charge is 2.11. The van der Waals surface area contributed by atoms with Crippen LogP contribution in [-0.4, -0.2) is 16.8 Å². The van der Waals surface area contributed by atoms with Crippen molar-refractivity contribution in [2.24, 2.45) is 0 Å². The lowest BCUT2D eigenvalue weighted by molar-refractivity contribution is 0.147. The van der Waals surface area contributed by atoms with Crippen LogP contribution in [0.15, 0.2) is 39.4 Å². The van der Waals surface area contributed by atoms with Gasteiger partial charge in [-0.05, 0) is 36.8 Å². The molecule has 1 heterocycles. The number of phenols is 1. The Kier molecular flexibility index (Phi) is 4.63. The van der Waals surface area contributed by atoms with Crippen molar-refractivity contribution in [2.45, 2.75) is 19.6 Å². The number of phenolic OH excluding ortho intramolecular Hbond substituents is 1. The molecule has 0 aliphatic rings. The standard InChI is InChI=1S/C14H16BrNO3/c1-9-5-11(15)6-10(14(9)18)7-16-8-12(17)13-3-2-4-19-13/h2-6,12,16-18H,7-8H2,1H3. The molecule has 5 heteroatoms. The van der Waals surface area contributed by atoms with E-state index in [0.717, 1.165) is 15.6 Å². The van der Waals surface area contributed by atoms with E-state index in [2.05, 4.69) is 21.2 Å². The summed E-state index contributed by atoms with van der Waals surface area (Å²) in [5.41, 5.74) is 1.61. The predicted molar refractivity (Wildman–Crippen MR) is 75.9 cm³/mol. The van der Waals surface area contributed by atoms with Crippen LogP contribution in [0.25, 0.3) is 0 Å². The zero-order chi connectivity index (χ0) is 13.8. The maximum Gasteiger partial charge on any atom is 0.133 e. The minimum atomic E-state index is -0.689. The summed E-state index contributed by atoms with van der Waals surface area (Å²) < 4.78 is 6.04. The Morgan fingerprint density at radius 1 is 1.42 bits per heavy atom. The lowest BCUT2D eigenvalue weighted by Gasteiger charge is -2.12. The first-order chi connectivity index (χ1) is 9.08. The summed E-state index contributed by atoms with van der Waals surface area (Å²) in [6.45, 7) is 2.68. The molecule has 4 nitrogen and oxygen atoms in total. The summed E-state index contributed by atoms with van der Waals surface area (Å²) in [5, 5.41) is 22.9. The molecule has 0 fully saturated rings. The van der Waals surface area contributed by atoms with Crippen LogP contribution in [0.4, 0.5) is 0 Å². The normalized spacial score (nSPS) is 12.6. The monoisotopic (exact) mass is 325 g/mol. The number of hydrogen-bond acceptors (Lipinski definition) is 4. The van der Waals surface area contributed by atoms with E-state index in [1.807, 2.05) is 19.1 Å². The molecule has 2 aromatic rings. The van der Waals surface area contributed by atoms with E-state index in [1.54, 1.807) is 12.1 Å². The van der Waals surface area contributed by atoms with Gasteiger partial charge in [0.05, 0.1) is 6.26 Å². The van der Waals surface area contributed by atoms with Crippen molar-refractivity contribution in [3.05, 3.63) is 51.9 Å². The maximum absolute atomic E-state index is 9.93. The Morgan fingerprint density at radius 2 is 2.21 bits per heavy atom. The van der Waals surface area contributed by atoms with Crippen molar-refractivity contribution in [1.82, 2.24) is 5.32 Å². The second-order valence-electron chi connectivity index (χ2n) is 4.39. The van der Waals surface area contributed by atoms with E-state index < -0.39 is 6.10 Å². The summed E-state index contributed by atoms with van der Waals surface area (Å²) in [4.78, 5) is 0.